The zero-order chi connectivity index (χ0) is 18.1. The van der Waals surface area contributed by atoms with Crippen LogP contribution >= 0.6 is 0 Å². The second-order valence-corrected chi connectivity index (χ2v) is 6.69. The number of aromatic nitrogens is 2. The molecule has 0 spiro atoms. The minimum absolute atomic E-state index is 0.184. The number of carboxylic acid groups (broad SMARTS) is 1. The Morgan fingerprint density at radius 2 is 2.12 bits per heavy atom. The van der Waals surface area contributed by atoms with Gasteiger partial charge in [-0.25, -0.2) is 9.78 Å². The Bertz CT molecular complexity index is 947. The molecule has 1 aliphatic heterocycles. The lowest BCUT2D eigenvalue weighted by molar-refractivity contribution is 0.0564. The zero-order valence-corrected chi connectivity index (χ0v) is 14.6. The van der Waals surface area contributed by atoms with E-state index in [1.54, 1.807) is 12.1 Å². The van der Waals surface area contributed by atoms with Crippen molar-refractivity contribution < 1.29 is 14.6 Å². The van der Waals surface area contributed by atoms with Crippen LogP contribution in [0.4, 0.5) is 0 Å². The second kappa shape index (κ2) is 6.90. The molecule has 0 saturated carbocycles. The van der Waals surface area contributed by atoms with Crippen LogP contribution in [0.3, 0.4) is 0 Å². The Morgan fingerprint density at radius 1 is 1.31 bits per heavy atom. The maximum Gasteiger partial charge on any atom is 0.335 e. The number of fused-ring (bicyclic) bond motifs is 3. The third kappa shape index (κ3) is 3.21. The molecule has 2 N–H and O–H groups in total. The Hall–Kier alpha value is -2.70. The molecular formula is C20H21N3O3. The Morgan fingerprint density at radius 3 is 2.88 bits per heavy atom. The van der Waals surface area contributed by atoms with Gasteiger partial charge in [-0.3, -0.25) is 0 Å². The second-order valence-electron chi connectivity index (χ2n) is 6.69. The molecule has 6 nitrogen and oxygen atoms in total. The van der Waals surface area contributed by atoms with Crippen LogP contribution in [-0.4, -0.2) is 33.8 Å². The quantitative estimate of drug-likeness (QED) is 0.739. The predicted molar refractivity (Wildman–Crippen MR) is 98.3 cm³/mol. The van der Waals surface area contributed by atoms with Gasteiger partial charge in [0.05, 0.1) is 29.2 Å². The van der Waals surface area contributed by atoms with Gasteiger partial charge in [0.25, 0.3) is 0 Å². The summed E-state index contributed by atoms with van der Waals surface area (Å²) in [5.74, 6) is 0.0631. The average molecular weight is 351 g/mol. The Balaban J connectivity index is 1.47. The molecule has 26 heavy (non-hydrogen) atoms. The molecule has 0 saturated heterocycles. The van der Waals surface area contributed by atoms with Crippen LogP contribution in [0.15, 0.2) is 42.5 Å². The van der Waals surface area contributed by atoms with E-state index in [-0.39, 0.29) is 6.04 Å². The van der Waals surface area contributed by atoms with Crippen LogP contribution in [0.25, 0.3) is 11.0 Å². The molecule has 6 heteroatoms. The first-order valence-electron chi connectivity index (χ1n) is 8.70. The first kappa shape index (κ1) is 16.8. The van der Waals surface area contributed by atoms with Gasteiger partial charge in [-0.1, -0.05) is 18.2 Å². The summed E-state index contributed by atoms with van der Waals surface area (Å²) in [6.45, 7) is 4.72. The van der Waals surface area contributed by atoms with Crippen LogP contribution < -0.4 is 5.32 Å². The molecule has 134 valence electrons. The number of carbonyl (C=O) groups is 1. The van der Waals surface area contributed by atoms with Crippen molar-refractivity contribution in [2.45, 2.75) is 26.1 Å². The fourth-order valence-corrected chi connectivity index (χ4v) is 3.42. The molecule has 0 aliphatic carbocycles. The summed E-state index contributed by atoms with van der Waals surface area (Å²) >= 11 is 0. The zero-order valence-electron chi connectivity index (χ0n) is 14.6. The number of carboxylic acids is 1. The maximum absolute atomic E-state index is 10.9. The molecule has 0 amide bonds. The Labute approximate surface area is 151 Å². The number of rotatable bonds is 5. The standard InChI is InChI=1S/C20H21N3O3/c1-13-2-7-17-18(8-13)23-16(11-26-12-19(23)22-17)10-21-9-14-3-5-15(6-4-14)20(24)25/h2-8,16,21H,9-12H2,1H3,(H,24,25)/t16-/m0/s1. The molecule has 0 fully saturated rings. The van der Waals surface area contributed by atoms with Crippen molar-refractivity contribution in [3.05, 3.63) is 65.0 Å². The third-order valence-corrected chi connectivity index (χ3v) is 4.73. The SMILES string of the molecule is Cc1ccc2nc3n(c2c1)[C@@H](CNCc1ccc(C(=O)O)cc1)COC3. The van der Waals surface area contributed by atoms with Gasteiger partial charge in [0.15, 0.2) is 0 Å². The van der Waals surface area contributed by atoms with Crippen molar-refractivity contribution >= 4 is 17.0 Å². The number of aromatic carboxylic acids is 1. The third-order valence-electron chi connectivity index (χ3n) is 4.73. The van der Waals surface area contributed by atoms with E-state index in [0.29, 0.717) is 25.3 Å². The van der Waals surface area contributed by atoms with E-state index in [0.717, 1.165) is 29.0 Å². The minimum Gasteiger partial charge on any atom is -0.478 e. The lowest BCUT2D eigenvalue weighted by atomic mass is 10.1. The smallest absolute Gasteiger partial charge is 0.335 e. The van der Waals surface area contributed by atoms with E-state index in [2.05, 4.69) is 35.0 Å². The van der Waals surface area contributed by atoms with Crippen LogP contribution in [0.5, 0.6) is 0 Å². The van der Waals surface area contributed by atoms with Gasteiger partial charge in [-0.2, -0.15) is 0 Å². The summed E-state index contributed by atoms with van der Waals surface area (Å²) < 4.78 is 8.01. The molecule has 0 radical (unpaired) electrons. The van der Waals surface area contributed by atoms with Crippen molar-refractivity contribution in [2.75, 3.05) is 13.2 Å². The molecular weight excluding hydrogens is 330 g/mol. The lowest BCUT2D eigenvalue weighted by Gasteiger charge is -2.26. The first-order valence-corrected chi connectivity index (χ1v) is 8.70. The highest BCUT2D eigenvalue weighted by molar-refractivity contribution is 5.87. The molecule has 2 heterocycles. The number of benzene rings is 2. The van der Waals surface area contributed by atoms with Crippen molar-refractivity contribution in [1.29, 1.82) is 0 Å². The predicted octanol–water partition coefficient (Wildman–Crippen LogP) is 2.90. The number of ether oxygens (including phenoxy) is 1. The normalized spacial score (nSPS) is 16.6. The highest BCUT2D eigenvalue weighted by Gasteiger charge is 2.23. The number of aryl methyl sites for hydroxylation is 1. The van der Waals surface area contributed by atoms with Gasteiger partial charge in [0.1, 0.15) is 12.4 Å². The molecule has 2 aromatic carbocycles. The summed E-state index contributed by atoms with van der Waals surface area (Å²) in [4.78, 5) is 15.6. The Kier molecular flexibility index (Phi) is 4.44. The van der Waals surface area contributed by atoms with Gasteiger partial charge < -0.3 is 19.7 Å². The minimum atomic E-state index is -0.904. The van der Waals surface area contributed by atoms with Crippen molar-refractivity contribution in [3.63, 3.8) is 0 Å². The van der Waals surface area contributed by atoms with Crippen LogP contribution in [0.2, 0.25) is 0 Å². The van der Waals surface area contributed by atoms with Gasteiger partial charge in [0, 0.05) is 13.1 Å². The molecule has 4 rings (SSSR count). The molecule has 1 atom stereocenters. The van der Waals surface area contributed by atoms with Gasteiger partial charge in [0.2, 0.25) is 0 Å². The van der Waals surface area contributed by atoms with Crippen molar-refractivity contribution in [1.82, 2.24) is 14.9 Å². The summed E-state index contributed by atoms with van der Waals surface area (Å²) in [5.41, 5.74) is 4.74. The van der Waals surface area contributed by atoms with Crippen LogP contribution in [0.1, 0.15) is 33.4 Å². The summed E-state index contributed by atoms with van der Waals surface area (Å²) in [7, 11) is 0. The molecule has 1 aromatic heterocycles. The maximum atomic E-state index is 10.9. The average Bonchev–Trinajstić information content (AvgIpc) is 3.01. The largest absolute Gasteiger partial charge is 0.478 e. The number of hydrogen-bond acceptors (Lipinski definition) is 4. The van der Waals surface area contributed by atoms with Crippen LogP contribution in [-0.2, 0) is 17.9 Å². The van der Waals surface area contributed by atoms with Crippen molar-refractivity contribution in [2.24, 2.45) is 0 Å². The lowest BCUT2D eigenvalue weighted by Crippen LogP contribution is -2.32. The number of hydrogen-bond donors (Lipinski definition) is 2. The van der Waals surface area contributed by atoms with E-state index >= 15 is 0 Å². The van der Waals surface area contributed by atoms with E-state index in [1.165, 1.54) is 5.56 Å². The summed E-state index contributed by atoms with van der Waals surface area (Å²) in [5, 5.41) is 12.4. The van der Waals surface area contributed by atoms with Crippen LogP contribution in [0, 0.1) is 6.92 Å². The van der Waals surface area contributed by atoms with E-state index in [4.69, 9.17) is 14.8 Å². The van der Waals surface area contributed by atoms with Gasteiger partial charge >= 0.3 is 5.97 Å². The monoisotopic (exact) mass is 351 g/mol. The molecule has 0 unspecified atom stereocenters. The van der Waals surface area contributed by atoms with E-state index in [9.17, 15) is 4.79 Å². The first-order chi connectivity index (χ1) is 12.6. The van der Waals surface area contributed by atoms with Gasteiger partial charge in [-0.05, 0) is 42.3 Å². The van der Waals surface area contributed by atoms with E-state index in [1.807, 2.05) is 12.1 Å². The highest BCUT2D eigenvalue weighted by atomic mass is 16.5. The number of nitrogens with one attached hydrogen (secondary N) is 1. The van der Waals surface area contributed by atoms with Crippen molar-refractivity contribution in [3.8, 4) is 0 Å². The fraction of sp³-hybridized carbons (Fsp3) is 0.300. The topological polar surface area (TPSA) is 76.4 Å². The summed E-state index contributed by atoms with van der Waals surface area (Å²) in [6, 6.07) is 13.4. The fourth-order valence-electron chi connectivity index (χ4n) is 3.42. The molecule has 0 bridgehead atoms. The van der Waals surface area contributed by atoms with Gasteiger partial charge in [-0.15, -0.1) is 0 Å². The highest BCUT2D eigenvalue weighted by Crippen LogP contribution is 2.26. The number of imidazole rings is 1. The molecule has 1 aliphatic rings. The molecule has 3 aromatic rings. The summed E-state index contributed by atoms with van der Waals surface area (Å²) in [6.07, 6.45) is 0. The number of nitrogens with zero attached hydrogens (tertiary/aromatic N) is 2. The van der Waals surface area contributed by atoms with E-state index < -0.39 is 5.97 Å².